The molecule has 78 heavy (non-hydrogen) atoms. The number of Topliss-reactive ketones (excluding diaryl/α,β-unsaturated/α-hetero) is 3. The van der Waals surface area contributed by atoms with Crippen LogP contribution in [0.4, 0.5) is 0 Å². The van der Waals surface area contributed by atoms with Crippen molar-refractivity contribution in [3.05, 3.63) is 192 Å². The molecule has 0 amide bonds. The Labute approximate surface area is 461 Å². The van der Waals surface area contributed by atoms with Gasteiger partial charge in [-0.2, -0.15) is 15.3 Å². The van der Waals surface area contributed by atoms with Crippen LogP contribution in [-0.2, 0) is 49.9 Å². The minimum absolute atomic E-state index is 0.0460. The average Bonchev–Trinajstić information content (AvgIpc) is 4.52. The number of carbonyl (C=O) groups is 3. The molecule has 9 aliphatic carbocycles. The topological polar surface area (TPSA) is 137 Å². The zero-order valence-corrected chi connectivity index (χ0v) is 47.6. The second kappa shape index (κ2) is 18.0. The molecule has 3 aromatic carbocycles. The number of nitrogens with one attached hydrogen (secondary N) is 3. The summed E-state index contributed by atoms with van der Waals surface area (Å²) in [5, 5.41) is 24.3. The smallest absolute Gasteiger partial charge is 0.160 e. The van der Waals surface area contributed by atoms with Gasteiger partial charge in [0.05, 0.1) is 17.1 Å². The van der Waals surface area contributed by atoms with Gasteiger partial charge in [0, 0.05) is 123 Å². The summed E-state index contributed by atoms with van der Waals surface area (Å²) in [6, 6.07) is 31.7. The number of ketones is 3. The van der Waals surface area contributed by atoms with Crippen LogP contribution in [0.25, 0.3) is 0 Å². The molecule has 0 radical (unpaired) electrons. The van der Waals surface area contributed by atoms with E-state index in [4.69, 9.17) is 15.3 Å². The molecule has 0 bridgehead atoms. The van der Waals surface area contributed by atoms with Gasteiger partial charge in [-0.25, -0.2) is 0 Å². The Kier molecular flexibility index (Phi) is 11.8. The minimum atomic E-state index is -0.386. The molecule has 3 saturated carbocycles. The van der Waals surface area contributed by atoms with E-state index in [0.29, 0.717) is 54.4 Å². The van der Waals surface area contributed by atoms with Crippen LogP contribution in [0.1, 0.15) is 225 Å². The van der Waals surface area contributed by atoms with Gasteiger partial charge >= 0.3 is 0 Å². The highest BCUT2D eigenvalue weighted by atomic mass is 16.1. The van der Waals surface area contributed by atoms with E-state index in [-0.39, 0.29) is 32.5 Å². The summed E-state index contributed by atoms with van der Waals surface area (Å²) in [4.78, 5) is 40.1. The molecule has 0 aliphatic heterocycles. The maximum absolute atomic E-state index is 13.4. The molecule has 3 aromatic heterocycles. The van der Waals surface area contributed by atoms with Crippen LogP contribution in [0.2, 0.25) is 0 Å². The molecular formula is C69H78N6O3. The van der Waals surface area contributed by atoms with Gasteiger partial charge in [-0.3, -0.25) is 29.7 Å². The third-order valence-corrected chi connectivity index (χ3v) is 19.6. The normalized spacial score (nSPS) is 27.3. The van der Waals surface area contributed by atoms with Crippen molar-refractivity contribution in [2.75, 3.05) is 0 Å². The Hall–Kier alpha value is -6.48. The number of hydrogen-bond acceptors (Lipinski definition) is 6. The Balaban J connectivity index is 0.000000111. The van der Waals surface area contributed by atoms with E-state index >= 15 is 0 Å². The summed E-state index contributed by atoms with van der Waals surface area (Å²) in [6.45, 7) is 20.1. The van der Waals surface area contributed by atoms with E-state index < -0.39 is 0 Å². The van der Waals surface area contributed by atoms with Gasteiger partial charge in [0.15, 0.2) is 17.3 Å². The highest BCUT2D eigenvalue weighted by molar-refractivity contribution is 6.03. The Bertz CT molecular complexity index is 3160. The molecule has 15 rings (SSSR count). The van der Waals surface area contributed by atoms with Crippen molar-refractivity contribution in [3.63, 3.8) is 0 Å². The monoisotopic (exact) mass is 1040 g/mol. The molecule has 6 aromatic rings. The van der Waals surface area contributed by atoms with Gasteiger partial charge in [0.2, 0.25) is 0 Å². The number of carbonyl (C=O) groups excluding carboxylic acids is 3. The second-order valence-corrected chi connectivity index (χ2v) is 28.0. The molecule has 402 valence electrons. The lowest BCUT2D eigenvalue weighted by Gasteiger charge is -2.44. The van der Waals surface area contributed by atoms with E-state index in [0.717, 1.165) is 55.2 Å². The molecule has 3 N–H and O–H groups in total. The fourth-order valence-electron chi connectivity index (χ4n) is 16.1. The number of hydrogen-bond donors (Lipinski definition) is 3. The highest BCUT2D eigenvalue weighted by Gasteiger charge is 2.54. The fourth-order valence-corrected chi connectivity index (χ4v) is 16.1. The van der Waals surface area contributed by atoms with E-state index in [2.05, 4.69) is 169 Å². The predicted molar refractivity (Wildman–Crippen MR) is 307 cm³/mol. The number of nitrogens with zero attached hydrogens (tertiary/aromatic N) is 3. The van der Waals surface area contributed by atoms with E-state index in [1.807, 2.05) is 0 Å². The molecule has 3 atom stereocenters. The number of rotatable bonds is 6. The first-order valence-corrected chi connectivity index (χ1v) is 29.4. The largest absolute Gasteiger partial charge is 0.294 e. The average molecular weight is 1040 g/mol. The summed E-state index contributed by atoms with van der Waals surface area (Å²) >= 11 is 0. The lowest BCUT2D eigenvalue weighted by molar-refractivity contribution is -0.119. The van der Waals surface area contributed by atoms with E-state index in [9.17, 15) is 14.4 Å². The summed E-state index contributed by atoms with van der Waals surface area (Å²) in [5.41, 5.74) is 20.9. The van der Waals surface area contributed by atoms with Gasteiger partial charge in [-0.1, -0.05) is 149 Å². The number of benzene rings is 3. The van der Waals surface area contributed by atoms with Crippen molar-refractivity contribution in [1.82, 2.24) is 30.6 Å². The zero-order valence-electron chi connectivity index (χ0n) is 47.6. The van der Waals surface area contributed by atoms with E-state index in [1.165, 1.54) is 123 Å². The maximum atomic E-state index is 13.4. The molecule has 9 aliphatic rings. The number of aromatic amines is 3. The summed E-state index contributed by atoms with van der Waals surface area (Å²) in [7, 11) is 0. The van der Waals surface area contributed by atoms with Crippen LogP contribution in [0, 0.1) is 16.2 Å². The summed E-state index contributed by atoms with van der Waals surface area (Å²) < 4.78 is 0. The Morgan fingerprint density at radius 2 is 0.603 bits per heavy atom. The maximum Gasteiger partial charge on any atom is 0.160 e. The van der Waals surface area contributed by atoms with Crippen LogP contribution in [0.15, 0.2) is 124 Å². The first kappa shape index (κ1) is 51.0. The molecule has 0 spiro atoms. The molecular weight excluding hydrogens is 961 g/mol. The van der Waals surface area contributed by atoms with Crippen molar-refractivity contribution in [1.29, 1.82) is 0 Å². The third-order valence-electron chi connectivity index (χ3n) is 19.6. The summed E-state index contributed by atoms with van der Waals surface area (Å²) in [5.74, 6) is 2.68. The van der Waals surface area contributed by atoms with Crippen LogP contribution in [-0.4, -0.2) is 47.9 Å². The van der Waals surface area contributed by atoms with Gasteiger partial charge in [-0.05, 0) is 111 Å². The zero-order chi connectivity index (χ0) is 54.3. The predicted octanol–water partition coefficient (Wildman–Crippen LogP) is 14.5. The van der Waals surface area contributed by atoms with Gasteiger partial charge in [0.1, 0.15) is 0 Å². The first-order chi connectivity index (χ1) is 37.2. The molecule has 3 heterocycles. The van der Waals surface area contributed by atoms with Gasteiger partial charge < -0.3 is 0 Å². The minimum Gasteiger partial charge on any atom is -0.294 e. The van der Waals surface area contributed by atoms with Crippen molar-refractivity contribution in [2.45, 2.75) is 193 Å². The highest BCUT2D eigenvalue weighted by Crippen LogP contribution is 2.59. The van der Waals surface area contributed by atoms with Gasteiger partial charge in [0.25, 0.3) is 0 Å². The van der Waals surface area contributed by atoms with Crippen molar-refractivity contribution in [3.8, 4) is 0 Å². The van der Waals surface area contributed by atoms with Crippen molar-refractivity contribution >= 4 is 17.3 Å². The van der Waals surface area contributed by atoms with Crippen molar-refractivity contribution in [2.24, 2.45) is 16.2 Å². The van der Waals surface area contributed by atoms with Crippen molar-refractivity contribution < 1.29 is 14.4 Å². The molecule has 9 nitrogen and oxygen atoms in total. The number of fused-ring (bicyclic) bond motifs is 3. The molecule has 9 heteroatoms. The standard InChI is InChI=1S/3C23H26N2O/c3*1-22(2)12-15-11-17-20(21(25-24-17)14-9-10-14)23(3,19(15)18(26)13-22)16-7-5-4-6-8-16/h3*4-8,14H,9-13H2,1-3H3,(H,24,25)/t2*23-;/m10./s1. The quantitative estimate of drug-likeness (QED) is 0.152. The number of allylic oxidation sites excluding steroid dienone is 6. The van der Waals surface area contributed by atoms with E-state index in [1.54, 1.807) is 0 Å². The second-order valence-electron chi connectivity index (χ2n) is 28.0. The third kappa shape index (κ3) is 8.37. The van der Waals surface area contributed by atoms with Crippen LogP contribution >= 0.6 is 0 Å². The lowest BCUT2D eigenvalue weighted by Crippen LogP contribution is -2.41. The number of aromatic nitrogens is 6. The lowest BCUT2D eigenvalue weighted by atomic mass is 9.58. The molecule has 3 fully saturated rings. The van der Waals surface area contributed by atoms with Crippen LogP contribution < -0.4 is 0 Å². The molecule has 0 saturated heterocycles. The summed E-state index contributed by atoms with van der Waals surface area (Å²) in [6.07, 6.45) is 14.7. The molecule has 1 unspecified atom stereocenters. The van der Waals surface area contributed by atoms with Crippen LogP contribution in [0.5, 0.6) is 0 Å². The fraction of sp³-hybridized carbons (Fsp3) is 0.478. The van der Waals surface area contributed by atoms with Gasteiger partial charge in [-0.15, -0.1) is 0 Å². The Morgan fingerprint density at radius 1 is 0.359 bits per heavy atom. The first-order valence-electron chi connectivity index (χ1n) is 29.4. The SMILES string of the molecule is CC1(C)CC(=O)C2=C(Cc3[nH]nc(C4CC4)c3C2(C)c2ccccc2)C1.CC1(C)CC(=O)C2=C(Cc3[nH]nc(C4CC4)c3[C@@]2(C)c2ccccc2)C1.CC1(C)CC(=O)C2=C(Cc3[nH]nc(C4CC4)c3[C@]2(C)c2ccccc2)C1. The number of H-pyrrole nitrogens is 3. The van der Waals surface area contributed by atoms with Crippen LogP contribution in [0.3, 0.4) is 0 Å². The Morgan fingerprint density at radius 3 is 0.833 bits per heavy atom.